The number of hydrogen-bond donors (Lipinski definition) is 1. The fraction of sp³-hybridized carbons (Fsp3) is 0.357. The van der Waals surface area contributed by atoms with Gasteiger partial charge in [0, 0.05) is 11.6 Å². The molecule has 0 aliphatic rings. The third-order valence-corrected chi connectivity index (χ3v) is 2.21. The van der Waals surface area contributed by atoms with Gasteiger partial charge in [-0.3, -0.25) is 0 Å². The zero-order valence-corrected chi connectivity index (χ0v) is 10.4. The van der Waals surface area contributed by atoms with E-state index in [2.05, 4.69) is 13.8 Å². The van der Waals surface area contributed by atoms with Crippen LogP contribution in [0.25, 0.3) is 6.08 Å². The summed E-state index contributed by atoms with van der Waals surface area (Å²) in [5.41, 5.74) is 1.81. The molecule has 1 rings (SSSR count). The van der Waals surface area contributed by atoms with Crippen LogP contribution < -0.4 is 4.74 Å². The van der Waals surface area contributed by atoms with Crippen molar-refractivity contribution in [3.05, 3.63) is 35.4 Å². The van der Waals surface area contributed by atoms with Gasteiger partial charge in [0.2, 0.25) is 0 Å². The zero-order valence-electron chi connectivity index (χ0n) is 10.4. The van der Waals surface area contributed by atoms with Crippen LogP contribution in [0, 0.1) is 12.8 Å². The van der Waals surface area contributed by atoms with Crippen LogP contribution >= 0.6 is 0 Å². The number of carboxylic acid groups (broad SMARTS) is 1. The van der Waals surface area contributed by atoms with Crippen molar-refractivity contribution in [2.75, 3.05) is 6.61 Å². The molecule has 92 valence electrons. The van der Waals surface area contributed by atoms with Crippen LogP contribution in [0.15, 0.2) is 24.3 Å². The lowest BCUT2D eigenvalue weighted by molar-refractivity contribution is -0.131. The minimum absolute atomic E-state index is 0.436. The Bertz CT molecular complexity index is 419. The maximum Gasteiger partial charge on any atom is 0.328 e. The Morgan fingerprint density at radius 2 is 2.18 bits per heavy atom. The lowest BCUT2D eigenvalue weighted by Gasteiger charge is -2.13. The van der Waals surface area contributed by atoms with Crippen LogP contribution in [0.1, 0.15) is 25.0 Å². The number of aliphatic carboxylic acids is 1. The molecule has 0 bridgehead atoms. The van der Waals surface area contributed by atoms with Gasteiger partial charge in [0.1, 0.15) is 5.75 Å². The number of aryl methyl sites for hydroxylation is 1. The van der Waals surface area contributed by atoms with Crippen LogP contribution in [-0.4, -0.2) is 17.7 Å². The van der Waals surface area contributed by atoms with Crippen molar-refractivity contribution in [2.45, 2.75) is 20.8 Å². The van der Waals surface area contributed by atoms with E-state index >= 15 is 0 Å². The van der Waals surface area contributed by atoms with Gasteiger partial charge in [0.25, 0.3) is 0 Å². The van der Waals surface area contributed by atoms with E-state index in [9.17, 15) is 4.79 Å². The Morgan fingerprint density at radius 3 is 2.76 bits per heavy atom. The molecule has 3 heteroatoms. The highest BCUT2D eigenvalue weighted by Crippen LogP contribution is 2.25. The molecule has 0 unspecified atom stereocenters. The van der Waals surface area contributed by atoms with Gasteiger partial charge in [-0.2, -0.15) is 0 Å². The molecule has 1 aromatic carbocycles. The van der Waals surface area contributed by atoms with Crippen molar-refractivity contribution >= 4 is 12.0 Å². The SMILES string of the molecule is Cc1cccc(/C=C/C(=O)O)c1OCC(C)C. The topological polar surface area (TPSA) is 46.5 Å². The van der Waals surface area contributed by atoms with Crippen LogP contribution in [0.3, 0.4) is 0 Å². The van der Waals surface area contributed by atoms with E-state index in [1.54, 1.807) is 6.08 Å². The molecule has 0 saturated carbocycles. The molecular weight excluding hydrogens is 216 g/mol. The molecule has 0 radical (unpaired) electrons. The highest BCUT2D eigenvalue weighted by atomic mass is 16.5. The summed E-state index contributed by atoms with van der Waals surface area (Å²) in [6.07, 6.45) is 2.68. The van der Waals surface area contributed by atoms with Gasteiger partial charge in [0.15, 0.2) is 0 Å². The van der Waals surface area contributed by atoms with E-state index in [0.717, 1.165) is 23.0 Å². The molecule has 0 saturated heterocycles. The zero-order chi connectivity index (χ0) is 12.8. The highest BCUT2D eigenvalue weighted by molar-refractivity contribution is 5.86. The number of carboxylic acids is 1. The molecule has 3 nitrogen and oxygen atoms in total. The summed E-state index contributed by atoms with van der Waals surface area (Å²) in [7, 11) is 0. The summed E-state index contributed by atoms with van der Waals surface area (Å²) in [4.78, 5) is 10.5. The average molecular weight is 234 g/mol. The molecule has 0 spiro atoms. The summed E-state index contributed by atoms with van der Waals surface area (Å²) in [6.45, 7) is 6.72. The first-order valence-electron chi connectivity index (χ1n) is 5.64. The minimum Gasteiger partial charge on any atom is -0.492 e. The van der Waals surface area contributed by atoms with Crippen LogP contribution in [0.5, 0.6) is 5.75 Å². The van der Waals surface area contributed by atoms with Gasteiger partial charge in [-0.15, -0.1) is 0 Å². The van der Waals surface area contributed by atoms with Crippen molar-refractivity contribution in [3.63, 3.8) is 0 Å². The van der Waals surface area contributed by atoms with E-state index in [4.69, 9.17) is 9.84 Å². The van der Waals surface area contributed by atoms with Gasteiger partial charge < -0.3 is 9.84 Å². The van der Waals surface area contributed by atoms with E-state index in [1.165, 1.54) is 0 Å². The van der Waals surface area contributed by atoms with E-state index in [1.807, 2.05) is 25.1 Å². The molecule has 0 atom stereocenters. The number of para-hydroxylation sites is 1. The first-order valence-corrected chi connectivity index (χ1v) is 5.64. The molecule has 0 aliphatic carbocycles. The standard InChI is InChI=1S/C14H18O3/c1-10(2)9-17-14-11(3)5-4-6-12(14)7-8-13(15)16/h4-8,10H,9H2,1-3H3,(H,15,16)/b8-7+. The lowest BCUT2D eigenvalue weighted by Crippen LogP contribution is -2.06. The smallest absolute Gasteiger partial charge is 0.328 e. The number of benzene rings is 1. The van der Waals surface area contributed by atoms with Gasteiger partial charge in [-0.05, 0) is 24.5 Å². The van der Waals surface area contributed by atoms with Gasteiger partial charge in [0.05, 0.1) is 6.61 Å². The summed E-state index contributed by atoms with van der Waals surface area (Å²) in [5, 5.41) is 8.63. The monoisotopic (exact) mass is 234 g/mol. The number of rotatable bonds is 5. The summed E-state index contributed by atoms with van der Waals surface area (Å²) >= 11 is 0. The predicted molar refractivity (Wildman–Crippen MR) is 68.2 cm³/mol. The first-order chi connectivity index (χ1) is 8.00. The number of hydrogen-bond acceptors (Lipinski definition) is 2. The molecule has 1 aromatic rings. The van der Waals surface area contributed by atoms with Crippen molar-refractivity contribution < 1.29 is 14.6 Å². The Morgan fingerprint density at radius 1 is 1.47 bits per heavy atom. The minimum atomic E-state index is -0.957. The average Bonchev–Trinajstić information content (AvgIpc) is 2.24. The van der Waals surface area contributed by atoms with E-state index < -0.39 is 5.97 Å². The third-order valence-electron chi connectivity index (χ3n) is 2.21. The second kappa shape index (κ2) is 6.09. The van der Waals surface area contributed by atoms with Crippen molar-refractivity contribution in [1.29, 1.82) is 0 Å². The highest BCUT2D eigenvalue weighted by Gasteiger charge is 2.06. The molecular formula is C14H18O3. The van der Waals surface area contributed by atoms with Gasteiger partial charge in [-0.1, -0.05) is 32.0 Å². The molecule has 0 heterocycles. The fourth-order valence-electron chi connectivity index (χ4n) is 1.41. The number of carbonyl (C=O) groups is 1. The Kier molecular flexibility index (Phi) is 4.76. The summed E-state index contributed by atoms with van der Waals surface area (Å²) < 4.78 is 5.72. The number of ether oxygens (including phenoxy) is 1. The molecule has 0 fully saturated rings. The van der Waals surface area contributed by atoms with Crippen LogP contribution in [-0.2, 0) is 4.79 Å². The van der Waals surface area contributed by atoms with Crippen molar-refractivity contribution in [2.24, 2.45) is 5.92 Å². The molecule has 0 amide bonds. The van der Waals surface area contributed by atoms with Gasteiger partial charge in [-0.25, -0.2) is 4.79 Å². The largest absolute Gasteiger partial charge is 0.492 e. The van der Waals surface area contributed by atoms with Crippen LogP contribution in [0.2, 0.25) is 0 Å². The van der Waals surface area contributed by atoms with Crippen molar-refractivity contribution in [3.8, 4) is 5.75 Å². The second-order valence-electron chi connectivity index (χ2n) is 4.37. The van der Waals surface area contributed by atoms with Gasteiger partial charge >= 0.3 is 5.97 Å². The second-order valence-corrected chi connectivity index (χ2v) is 4.37. The summed E-state index contributed by atoms with van der Waals surface area (Å²) in [6, 6.07) is 5.69. The van der Waals surface area contributed by atoms with Crippen molar-refractivity contribution in [1.82, 2.24) is 0 Å². The normalized spacial score (nSPS) is 11.1. The van der Waals surface area contributed by atoms with E-state index in [0.29, 0.717) is 12.5 Å². The Balaban J connectivity index is 2.95. The first kappa shape index (κ1) is 13.3. The fourth-order valence-corrected chi connectivity index (χ4v) is 1.41. The molecule has 17 heavy (non-hydrogen) atoms. The van der Waals surface area contributed by atoms with Crippen LogP contribution in [0.4, 0.5) is 0 Å². The maximum atomic E-state index is 10.5. The third kappa shape index (κ3) is 4.31. The Hall–Kier alpha value is -1.77. The molecule has 0 aliphatic heterocycles. The lowest BCUT2D eigenvalue weighted by atomic mass is 10.1. The summed E-state index contributed by atoms with van der Waals surface area (Å²) in [5.74, 6) is 0.242. The van der Waals surface area contributed by atoms with E-state index in [-0.39, 0.29) is 0 Å². The molecule has 1 N–H and O–H groups in total. The molecule has 0 aromatic heterocycles. The quantitative estimate of drug-likeness (QED) is 0.796. The Labute approximate surface area is 102 Å². The predicted octanol–water partition coefficient (Wildman–Crippen LogP) is 3.13. The maximum absolute atomic E-state index is 10.5.